The van der Waals surface area contributed by atoms with Gasteiger partial charge in [0.15, 0.2) is 0 Å². The first-order valence-electron chi connectivity index (χ1n) is 5.98. The lowest BCUT2D eigenvalue weighted by molar-refractivity contribution is 0.248. The van der Waals surface area contributed by atoms with Gasteiger partial charge in [-0.05, 0) is 32.1 Å². The van der Waals surface area contributed by atoms with Gasteiger partial charge in [0.2, 0.25) is 0 Å². The first-order chi connectivity index (χ1) is 8.28. The van der Waals surface area contributed by atoms with E-state index in [4.69, 9.17) is 9.57 Å². The van der Waals surface area contributed by atoms with Crippen LogP contribution >= 0.6 is 0 Å². The van der Waals surface area contributed by atoms with Crippen LogP contribution in [-0.2, 0) is 4.84 Å². The number of hydrogen-bond acceptors (Lipinski definition) is 4. The molecule has 1 N–H and O–H groups in total. The summed E-state index contributed by atoms with van der Waals surface area (Å²) in [7, 11) is 3.75. The maximum absolute atomic E-state index is 5.80. The summed E-state index contributed by atoms with van der Waals surface area (Å²) < 4.78 is 5.80. The molecule has 0 amide bonds. The van der Waals surface area contributed by atoms with Crippen molar-refractivity contribution in [1.29, 1.82) is 0 Å². The molecule has 0 bridgehead atoms. The van der Waals surface area contributed by atoms with Crippen LogP contribution in [0.2, 0.25) is 0 Å². The first-order valence-corrected chi connectivity index (χ1v) is 5.98. The molecule has 2 rings (SSSR count). The molecule has 1 heterocycles. The Morgan fingerprint density at radius 2 is 2.35 bits per heavy atom. The van der Waals surface area contributed by atoms with Gasteiger partial charge in [0, 0.05) is 18.5 Å². The van der Waals surface area contributed by atoms with Crippen molar-refractivity contribution in [2.45, 2.75) is 6.42 Å². The smallest absolute Gasteiger partial charge is 0.121 e. The third-order valence-electron chi connectivity index (χ3n) is 3.03. The van der Waals surface area contributed by atoms with Crippen LogP contribution in [0.25, 0.3) is 0 Å². The van der Waals surface area contributed by atoms with Gasteiger partial charge >= 0.3 is 0 Å². The largest absolute Gasteiger partial charge is 0.493 e. The van der Waals surface area contributed by atoms with Crippen LogP contribution in [0.5, 0.6) is 5.75 Å². The molecule has 1 aromatic rings. The summed E-state index contributed by atoms with van der Waals surface area (Å²) in [6, 6.07) is 7.82. The zero-order valence-corrected chi connectivity index (χ0v) is 10.5. The molecule has 4 nitrogen and oxygen atoms in total. The number of nitrogens with zero attached hydrogens (tertiary/aromatic N) is 1. The second kappa shape index (κ2) is 5.89. The third kappa shape index (κ3) is 3.61. The molecular weight excluding hydrogens is 216 g/mol. The highest BCUT2D eigenvalue weighted by molar-refractivity contribution is 5.46. The Bertz CT molecular complexity index is 357. The van der Waals surface area contributed by atoms with Crippen molar-refractivity contribution < 1.29 is 9.57 Å². The molecule has 1 fully saturated rings. The van der Waals surface area contributed by atoms with E-state index in [0.29, 0.717) is 5.92 Å². The molecule has 1 atom stereocenters. The van der Waals surface area contributed by atoms with E-state index in [-0.39, 0.29) is 0 Å². The fourth-order valence-corrected chi connectivity index (χ4v) is 2.14. The average molecular weight is 236 g/mol. The number of anilines is 1. The Morgan fingerprint density at radius 3 is 3.06 bits per heavy atom. The number of benzene rings is 1. The van der Waals surface area contributed by atoms with Gasteiger partial charge < -0.3 is 9.64 Å². The molecule has 0 spiro atoms. The summed E-state index contributed by atoms with van der Waals surface area (Å²) in [6.07, 6.45) is 1.23. The Balaban J connectivity index is 1.83. The van der Waals surface area contributed by atoms with Crippen molar-refractivity contribution in [2.24, 2.45) is 5.92 Å². The minimum atomic E-state index is 0.652. The predicted octanol–water partition coefficient (Wildman–Crippen LogP) is 1.99. The first kappa shape index (κ1) is 12.2. The highest BCUT2D eigenvalue weighted by Gasteiger charge is 2.19. The van der Waals surface area contributed by atoms with Crippen molar-refractivity contribution >= 4 is 5.69 Å². The monoisotopic (exact) mass is 236 g/mol. The van der Waals surface area contributed by atoms with Crippen LogP contribution in [0, 0.1) is 5.92 Å². The van der Waals surface area contributed by atoms with Crippen LogP contribution in [0.3, 0.4) is 0 Å². The molecule has 1 saturated heterocycles. The average Bonchev–Trinajstić information content (AvgIpc) is 2.74. The second-order valence-electron chi connectivity index (χ2n) is 4.56. The van der Waals surface area contributed by atoms with Crippen LogP contribution in [0.4, 0.5) is 5.69 Å². The molecule has 4 heteroatoms. The molecule has 1 aliphatic heterocycles. The van der Waals surface area contributed by atoms with Crippen LogP contribution < -0.4 is 10.2 Å². The maximum Gasteiger partial charge on any atom is 0.121 e. The van der Waals surface area contributed by atoms with Gasteiger partial charge in [0.05, 0.1) is 19.4 Å². The van der Waals surface area contributed by atoms with E-state index in [1.54, 1.807) is 7.11 Å². The summed E-state index contributed by atoms with van der Waals surface area (Å²) >= 11 is 0. The minimum Gasteiger partial charge on any atom is -0.493 e. The predicted molar refractivity (Wildman–Crippen MR) is 68.2 cm³/mol. The summed E-state index contributed by atoms with van der Waals surface area (Å²) in [5.41, 5.74) is 3.71. The van der Waals surface area contributed by atoms with Crippen molar-refractivity contribution in [3.05, 3.63) is 24.3 Å². The van der Waals surface area contributed by atoms with Crippen molar-refractivity contribution in [2.75, 3.05) is 39.3 Å². The number of nitrogens with one attached hydrogen (secondary N) is 1. The van der Waals surface area contributed by atoms with Gasteiger partial charge in [-0.25, -0.2) is 0 Å². The molecule has 0 radical (unpaired) electrons. The van der Waals surface area contributed by atoms with Crippen LogP contribution in [0.1, 0.15) is 6.42 Å². The van der Waals surface area contributed by atoms with Crippen molar-refractivity contribution in [1.82, 2.24) is 4.90 Å². The SMILES string of the molecule is CONc1cccc(OCC2CCN(C)C2)c1. The molecule has 1 aromatic carbocycles. The molecule has 0 aromatic heterocycles. The zero-order valence-electron chi connectivity index (χ0n) is 10.5. The Hall–Kier alpha value is -1.26. The maximum atomic E-state index is 5.80. The molecule has 0 saturated carbocycles. The minimum absolute atomic E-state index is 0.652. The fourth-order valence-electron chi connectivity index (χ4n) is 2.14. The van der Waals surface area contributed by atoms with E-state index in [9.17, 15) is 0 Å². The second-order valence-corrected chi connectivity index (χ2v) is 4.56. The summed E-state index contributed by atoms with van der Waals surface area (Å²) in [4.78, 5) is 7.21. The number of rotatable bonds is 5. The fraction of sp³-hybridized carbons (Fsp3) is 0.538. The molecule has 17 heavy (non-hydrogen) atoms. The zero-order chi connectivity index (χ0) is 12.1. The lowest BCUT2D eigenvalue weighted by Crippen LogP contribution is -2.17. The Labute approximate surface area is 102 Å². The van der Waals surface area contributed by atoms with E-state index in [2.05, 4.69) is 17.4 Å². The molecule has 94 valence electrons. The summed E-state index contributed by atoms with van der Waals surface area (Å²) in [5.74, 6) is 1.54. The number of likely N-dealkylation sites (tertiary alicyclic amines) is 1. The normalized spacial score (nSPS) is 20.5. The number of ether oxygens (including phenoxy) is 1. The van der Waals surface area contributed by atoms with Crippen molar-refractivity contribution in [3.8, 4) is 5.75 Å². The molecule has 1 unspecified atom stereocenters. The standard InChI is InChI=1S/C13H20N2O2/c1-15-7-6-11(9-15)10-17-13-5-3-4-12(8-13)14-16-2/h3-5,8,11,14H,6-7,9-10H2,1-2H3. The van der Waals surface area contributed by atoms with E-state index in [1.807, 2.05) is 24.3 Å². The molecule has 1 aliphatic rings. The lowest BCUT2D eigenvalue weighted by Gasteiger charge is -2.13. The quantitative estimate of drug-likeness (QED) is 0.793. The Morgan fingerprint density at radius 1 is 1.47 bits per heavy atom. The van der Waals surface area contributed by atoms with Crippen LogP contribution in [-0.4, -0.2) is 38.8 Å². The highest BCUT2D eigenvalue weighted by Crippen LogP contribution is 2.20. The van der Waals surface area contributed by atoms with Gasteiger partial charge in [0.1, 0.15) is 5.75 Å². The van der Waals surface area contributed by atoms with E-state index >= 15 is 0 Å². The summed E-state index contributed by atoms with van der Waals surface area (Å²) in [6.45, 7) is 3.11. The van der Waals surface area contributed by atoms with Gasteiger partial charge in [-0.1, -0.05) is 6.07 Å². The highest BCUT2D eigenvalue weighted by atomic mass is 16.6. The molecule has 0 aliphatic carbocycles. The lowest BCUT2D eigenvalue weighted by atomic mass is 10.1. The number of hydrogen-bond donors (Lipinski definition) is 1. The van der Waals surface area contributed by atoms with Crippen molar-refractivity contribution in [3.63, 3.8) is 0 Å². The molecular formula is C13H20N2O2. The van der Waals surface area contributed by atoms with Gasteiger partial charge in [-0.15, -0.1) is 0 Å². The topological polar surface area (TPSA) is 33.7 Å². The van der Waals surface area contributed by atoms with Gasteiger partial charge in [0.25, 0.3) is 0 Å². The van der Waals surface area contributed by atoms with Gasteiger partial charge in [-0.2, -0.15) is 0 Å². The van der Waals surface area contributed by atoms with Gasteiger partial charge in [-0.3, -0.25) is 10.3 Å². The van der Waals surface area contributed by atoms with Crippen LogP contribution in [0.15, 0.2) is 24.3 Å². The third-order valence-corrected chi connectivity index (χ3v) is 3.03. The van der Waals surface area contributed by atoms with E-state index in [1.165, 1.54) is 13.0 Å². The summed E-state index contributed by atoms with van der Waals surface area (Å²) in [5, 5.41) is 0. The van der Waals surface area contributed by atoms with E-state index in [0.717, 1.165) is 24.6 Å². The Kier molecular flexibility index (Phi) is 4.23. The van der Waals surface area contributed by atoms with E-state index < -0.39 is 0 Å².